The molecule has 6 rings (SSSR count). The van der Waals surface area contributed by atoms with Crippen molar-refractivity contribution < 1.29 is 14.3 Å². The number of hydrogen-bond donors (Lipinski definition) is 0. The molecule has 4 nitrogen and oxygen atoms in total. The van der Waals surface area contributed by atoms with Crippen molar-refractivity contribution in [3.63, 3.8) is 0 Å². The van der Waals surface area contributed by atoms with Crippen molar-refractivity contribution in [1.82, 2.24) is 4.57 Å². The van der Waals surface area contributed by atoms with Gasteiger partial charge < -0.3 is 9.30 Å². The summed E-state index contributed by atoms with van der Waals surface area (Å²) in [7, 11) is 0. The highest BCUT2D eigenvalue weighted by molar-refractivity contribution is 9.10. The molecule has 0 N–H and O–H groups in total. The van der Waals surface area contributed by atoms with Crippen LogP contribution in [0.2, 0.25) is 0 Å². The van der Waals surface area contributed by atoms with E-state index >= 15 is 0 Å². The van der Waals surface area contributed by atoms with Gasteiger partial charge in [0, 0.05) is 52.6 Å². The van der Waals surface area contributed by atoms with E-state index in [0.717, 1.165) is 46.9 Å². The summed E-state index contributed by atoms with van der Waals surface area (Å²) in [6, 6.07) is 14.9. The van der Waals surface area contributed by atoms with E-state index in [-0.39, 0.29) is 11.8 Å². The minimum Gasteiger partial charge on any atom is -0.466 e. The Morgan fingerprint density at radius 2 is 1.94 bits per heavy atom. The summed E-state index contributed by atoms with van der Waals surface area (Å²) in [4.78, 5) is 24.3. The second-order valence-corrected chi connectivity index (χ2v) is 9.61. The highest BCUT2D eigenvalue weighted by Crippen LogP contribution is 2.50. The van der Waals surface area contributed by atoms with E-state index in [1.165, 1.54) is 45.5 Å². The van der Waals surface area contributed by atoms with Crippen LogP contribution in [0.25, 0.3) is 32.9 Å². The fourth-order valence-corrected chi connectivity index (χ4v) is 6.02. The van der Waals surface area contributed by atoms with Crippen LogP contribution in [0.5, 0.6) is 0 Å². The molecule has 0 aliphatic heterocycles. The SMILES string of the molecule is CC(=O)OCCCn1c2ccc(Br)cc2c2c3c(c4c(c21)Cc1ccccc1-4)C(=O)CC3. The molecule has 0 spiro atoms. The number of rotatable bonds is 4. The molecule has 2 aliphatic rings. The van der Waals surface area contributed by atoms with Gasteiger partial charge in [0.05, 0.1) is 12.1 Å². The molecule has 2 aliphatic carbocycles. The van der Waals surface area contributed by atoms with Crippen molar-refractivity contribution in [1.29, 1.82) is 0 Å². The number of Topliss-reactive ketones (excluding diaryl/α,β-unsaturated/α-hetero) is 1. The zero-order valence-corrected chi connectivity index (χ0v) is 19.4. The van der Waals surface area contributed by atoms with Crippen LogP contribution in [0.1, 0.15) is 46.8 Å². The van der Waals surface area contributed by atoms with Crippen molar-refractivity contribution in [2.45, 2.75) is 39.2 Å². The Labute approximate surface area is 194 Å². The highest BCUT2D eigenvalue weighted by Gasteiger charge is 2.35. The van der Waals surface area contributed by atoms with Crippen LogP contribution in [0, 0.1) is 0 Å². The lowest BCUT2D eigenvalue weighted by molar-refractivity contribution is -0.141. The Bertz CT molecular complexity index is 1460. The largest absolute Gasteiger partial charge is 0.466 e. The van der Waals surface area contributed by atoms with E-state index in [9.17, 15) is 9.59 Å². The van der Waals surface area contributed by atoms with Gasteiger partial charge in [0.2, 0.25) is 0 Å². The first kappa shape index (κ1) is 19.7. The van der Waals surface area contributed by atoms with Crippen LogP contribution in [-0.4, -0.2) is 22.9 Å². The molecule has 160 valence electrons. The third-order valence-electron chi connectivity index (χ3n) is 6.83. The second kappa shape index (κ2) is 7.31. The minimum atomic E-state index is -0.246. The van der Waals surface area contributed by atoms with E-state index in [1.807, 2.05) is 0 Å². The number of benzene rings is 3. The number of hydrogen-bond acceptors (Lipinski definition) is 3. The molecular formula is C27H22BrNO3. The molecule has 3 aromatic carbocycles. The number of fused-ring (bicyclic) bond motifs is 10. The van der Waals surface area contributed by atoms with E-state index in [0.29, 0.717) is 13.0 Å². The van der Waals surface area contributed by atoms with Gasteiger partial charge in [-0.05, 0) is 58.9 Å². The molecule has 1 aromatic heterocycles. The average Bonchev–Trinajstić information content (AvgIpc) is 3.42. The maximum Gasteiger partial charge on any atom is 0.302 e. The Balaban J connectivity index is 1.67. The number of carbonyl (C=O) groups excluding carboxylic acids is 2. The van der Waals surface area contributed by atoms with Gasteiger partial charge in [-0.15, -0.1) is 0 Å². The predicted molar refractivity (Wildman–Crippen MR) is 129 cm³/mol. The van der Waals surface area contributed by atoms with Gasteiger partial charge in [0.1, 0.15) is 0 Å². The number of esters is 1. The first-order valence-corrected chi connectivity index (χ1v) is 11.9. The molecule has 0 bridgehead atoms. The van der Waals surface area contributed by atoms with E-state index in [1.54, 1.807) is 0 Å². The molecule has 4 aromatic rings. The normalized spacial score (nSPS) is 14.1. The van der Waals surface area contributed by atoms with Crippen molar-refractivity contribution in [3.8, 4) is 11.1 Å². The molecule has 0 unspecified atom stereocenters. The quantitative estimate of drug-likeness (QED) is 0.223. The first-order chi connectivity index (χ1) is 15.5. The summed E-state index contributed by atoms with van der Waals surface area (Å²) in [6.07, 6.45) is 2.95. The van der Waals surface area contributed by atoms with Gasteiger partial charge in [-0.1, -0.05) is 40.2 Å². The molecule has 0 atom stereocenters. The topological polar surface area (TPSA) is 48.3 Å². The van der Waals surface area contributed by atoms with Crippen LogP contribution >= 0.6 is 15.9 Å². The second-order valence-electron chi connectivity index (χ2n) is 8.69. The van der Waals surface area contributed by atoms with Crippen LogP contribution in [0.15, 0.2) is 46.9 Å². The number of halogens is 1. The number of nitrogens with zero attached hydrogens (tertiary/aromatic N) is 1. The van der Waals surface area contributed by atoms with E-state index in [4.69, 9.17) is 4.74 Å². The first-order valence-electron chi connectivity index (χ1n) is 11.1. The fraction of sp³-hybridized carbons (Fsp3) is 0.259. The van der Waals surface area contributed by atoms with Crippen molar-refractivity contribution in [2.24, 2.45) is 0 Å². The molecule has 0 saturated heterocycles. The number of ether oxygens (including phenoxy) is 1. The monoisotopic (exact) mass is 487 g/mol. The highest BCUT2D eigenvalue weighted by atomic mass is 79.9. The molecule has 5 heteroatoms. The lowest BCUT2D eigenvalue weighted by Crippen LogP contribution is -2.07. The fourth-order valence-electron chi connectivity index (χ4n) is 5.66. The molecule has 1 heterocycles. The number of aromatic nitrogens is 1. The molecule has 0 fully saturated rings. The molecule has 32 heavy (non-hydrogen) atoms. The lowest BCUT2D eigenvalue weighted by Gasteiger charge is -2.14. The summed E-state index contributed by atoms with van der Waals surface area (Å²) in [5.41, 5.74) is 9.43. The average molecular weight is 488 g/mol. The van der Waals surface area contributed by atoms with Gasteiger partial charge in [-0.3, -0.25) is 9.59 Å². The summed E-state index contributed by atoms with van der Waals surface area (Å²) in [6.45, 7) is 2.60. The van der Waals surface area contributed by atoms with Crippen molar-refractivity contribution >= 4 is 49.5 Å². The third-order valence-corrected chi connectivity index (χ3v) is 7.33. The molecule has 0 radical (unpaired) electrons. The van der Waals surface area contributed by atoms with Crippen LogP contribution in [0.4, 0.5) is 0 Å². The van der Waals surface area contributed by atoms with E-state index in [2.05, 4.69) is 63.0 Å². The number of ketones is 1. The maximum absolute atomic E-state index is 13.1. The zero-order valence-electron chi connectivity index (χ0n) is 17.8. The van der Waals surface area contributed by atoms with E-state index < -0.39 is 0 Å². The number of aryl methyl sites for hydroxylation is 2. The number of carbonyl (C=O) groups is 2. The Hall–Kier alpha value is -2.92. The summed E-state index contributed by atoms with van der Waals surface area (Å²) in [5.74, 6) is 0.0180. The standard InChI is InChI=1S/C27H22BrNO3/c1-15(30)32-12-4-11-29-22-9-7-17(28)14-20(22)25-19-8-10-23(31)26(19)24-18-6-3-2-5-16(18)13-21(24)27(25)29/h2-3,5-7,9,14H,4,8,10-13H2,1H3. The van der Waals surface area contributed by atoms with Gasteiger partial charge in [0.15, 0.2) is 5.78 Å². The molecular weight excluding hydrogens is 466 g/mol. The zero-order chi connectivity index (χ0) is 22.0. The smallest absolute Gasteiger partial charge is 0.302 e. The third kappa shape index (κ3) is 2.80. The molecule has 0 saturated carbocycles. The van der Waals surface area contributed by atoms with Crippen LogP contribution in [0.3, 0.4) is 0 Å². The predicted octanol–water partition coefficient (Wildman–Crippen LogP) is 6.21. The van der Waals surface area contributed by atoms with Crippen molar-refractivity contribution in [2.75, 3.05) is 6.61 Å². The minimum absolute atomic E-state index is 0.246. The molecule has 0 amide bonds. The van der Waals surface area contributed by atoms with Gasteiger partial charge >= 0.3 is 5.97 Å². The lowest BCUT2D eigenvalue weighted by atomic mass is 9.92. The van der Waals surface area contributed by atoms with Gasteiger partial charge in [0.25, 0.3) is 0 Å². The maximum atomic E-state index is 13.1. The van der Waals surface area contributed by atoms with Crippen LogP contribution < -0.4 is 0 Å². The Kier molecular flexibility index (Phi) is 4.51. The van der Waals surface area contributed by atoms with Gasteiger partial charge in [-0.25, -0.2) is 0 Å². The summed E-state index contributed by atoms with van der Waals surface area (Å²) < 4.78 is 8.63. The Morgan fingerprint density at radius 1 is 1.09 bits per heavy atom. The summed E-state index contributed by atoms with van der Waals surface area (Å²) in [5, 5.41) is 2.41. The Morgan fingerprint density at radius 3 is 2.78 bits per heavy atom. The van der Waals surface area contributed by atoms with Crippen LogP contribution in [-0.2, 0) is 28.9 Å². The van der Waals surface area contributed by atoms with Gasteiger partial charge in [-0.2, -0.15) is 0 Å². The van der Waals surface area contributed by atoms with Crippen molar-refractivity contribution in [3.05, 3.63) is 69.2 Å². The summed E-state index contributed by atoms with van der Waals surface area (Å²) >= 11 is 3.65.